The van der Waals surface area contributed by atoms with Crippen LogP contribution in [-0.2, 0) is 10.0 Å². The highest BCUT2D eigenvalue weighted by Crippen LogP contribution is 2.25. The molecular weight excluding hydrogens is 468 g/mol. The highest BCUT2D eigenvalue weighted by atomic mass is 32.2. The maximum atomic E-state index is 13.0. The Morgan fingerprint density at radius 1 is 0.914 bits per heavy atom. The number of hydrogen-bond acceptors (Lipinski definition) is 7. The fourth-order valence-electron chi connectivity index (χ4n) is 3.20. The largest absolute Gasteiger partial charge is 0.497 e. The second-order valence-electron chi connectivity index (χ2n) is 7.44. The van der Waals surface area contributed by atoms with Gasteiger partial charge in [-0.3, -0.25) is 14.5 Å². The Balaban J connectivity index is 1.52. The minimum Gasteiger partial charge on any atom is -0.497 e. The predicted octanol–water partition coefficient (Wildman–Crippen LogP) is 4.64. The van der Waals surface area contributed by atoms with Crippen molar-refractivity contribution in [3.8, 4) is 17.4 Å². The molecular formula is C25H22N4O5S. The molecule has 1 aromatic heterocycles. The minimum atomic E-state index is -3.94. The number of amides is 1. The summed E-state index contributed by atoms with van der Waals surface area (Å²) >= 11 is 0. The van der Waals surface area contributed by atoms with E-state index in [0.717, 1.165) is 0 Å². The zero-order chi connectivity index (χ0) is 24.8. The van der Waals surface area contributed by atoms with E-state index in [9.17, 15) is 13.2 Å². The van der Waals surface area contributed by atoms with Crippen molar-refractivity contribution in [2.75, 3.05) is 17.1 Å². The lowest BCUT2D eigenvalue weighted by Crippen LogP contribution is -2.17. The molecule has 10 heteroatoms. The van der Waals surface area contributed by atoms with Crippen LogP contribution in [0.2, 0.25) is 0 Å². The number of rotatable bonds is 8. The SMILES string of the molecule is COc1ccc(NS(=O)(=O)c2cc(C(=O)Nc3cccc(Oc4cnccn4)c3)ccc2C)cc1. The molecule has 9 nitrogen and oxygen atoms in total. The van der Waals surface area contributed by atoms with Gasteiger partial charge in [0.2, 0.25) is 5.88 Å². The third-order valence-electron chi connectivity index (χ3n) is 4.94. The number of aryl methyl sites for hydroxylation is 1. The van der Waals surface area contributed by atoms with E-state index in [1.165, 1.54) is 31.8 Å². The van der Waals surface area contributed by atoms with Crippen molar-refractivity contribution in [3.05, 3.63) is 96.4 Å². The van der Waals surface area contributed by atoms with Crippen molar-refractivity contribution in [2.24, 2.45) is 0 Å². The van der Waals surface area contributed by atoms with Gasteiger partial charge in [-0.25, -0.2) is 13.4 Å². The van der Waals surface area contributed by atoms with Gasteiger partial charge in [-0.05, 0) is 61.0 Å². The highest BCUT2D eigenvalue weighted by Gasteiger charge is 2.20. The smallest absolute Gasteiger partial charge is 0.262 e. The van der Waals surface area contributed by atoms with Crippen molar-refractivity contribution in [3.63, 3.8) is 0 Å². The number of aromatic nitrogens is 2. The average Bonchev–Trinajstić information content (AvgIpc) is 2.85. The molecule has 0 fully saturated rings. The Morgan fingerprint density at radius 2 is 1.71 bits per heavy atom. The number of benzene rings is 3. The van der Waals surface area contributed by atoms with Gasteiger partial charge in [0.25, 0.3) is 15.9 Å². The van der Waals surface area contributed by atoms with Crippen LogP contribution in [0.25, 0.3) is 0 Å². The number of ether oxygens (including phenoxy) is 2. The lowest BCUT2D eigenvalue weighted by molar-refractivity contribution is 0.102. The van der Waals surface area contributed by atoms with Gasteiger partial charge in [-0.1, -0.05) is 12.1 Å². The first-order chi connectivity index (χ1) is 16.8. The molecule has 2 N–H and O–H groups in total. The summed E-state index contributed by atoms with van der Waals surface area (Å²) < 4.78 is 39.3. The predicted molar refractivity (Wildman–Crippen MR) is 131 cm³/mol. The molecule has 4 aromatic rings. The Hall–Kier alpha value is -4.44. The standard InChI is InChI=1S/C25H22N4O5S/c1-17-6-7-18(14-23(17)35(31,32)29-19-8-10-21(33-2)11-9-19)25(30)28-20-4-3-5-22(15-20)34-24-16-26-12-13-27-24/h3-16,29H,1-2H3,(H,28,30). The zero-order valence-corrected chi connectivity index (χ0v) is 19.7. The Kier molecular flexibility index (Phi) is 6.93. The molecule has 0 aliphatic heterocycles. The molecule has 3 aromatic carbocycles. The number of hydrogen-bond donors (Lipinski definition) is 2. The maximum Gasteiger partial charge on any atom is 0.262 e. The Bertz CT molecular complexity index is 1440. The Labute approximate surface area is 202 Å². The van der Waals surface area contributed by atoms with Crippen molar-refractivity contribution in [1.29, 1.82) is 0 Å². The highest BCUT2D eigenvalue weighted by molar-refractivity contribution is 7.92. The van der Waals surface area contributed by atoms with Crippen LogP contribution in [0.15, 0.2) is 90.2 Å². The fourth-order valence-corrected chi connectivity index (χ4v) is 4.53. The van der Waals surface area contributed by atoms with E-state index in [4.69, 9.17) is 9.47 Å². The third-order valence-corrected chi connectivity index (χ3v) is 6.46. The maximum absolute atomic E-state index is 13.0. The van der Waals surface area contributed by atoms with Crippen LogP contribution < -0.4 is 19.5 Å². The van der Waals surface area contributed by atoms with Gasteiger partial charge < -0.3 is 14.8 Å². The van der Waals surface area contributed by atoms with Gasteiger partial charge in [-0.15, -0.1) is 0 Å². The first kappa shape index (κ1) is 23.7. The number of carbonyl (C=O) groups excluding carboxylic acids is 1. The number of anilines is 2. The number of methoxy groups -OCH3 is 1. The van der Waals surface area contributed by atoms with E-state index in [2.05, 4.69) is 20.0 Å². The average molecular weight is 491 g/mol. The van der Waals surface area contributed by atoms with Crippen LogP contribution in [0, 0.1) is 6.92 Å². The molecule has 0 saturated heterocycles. The van der Waals surface area contributed by atoms with E-state index in [1.54, 1.807) is 67.6 Å². The molecule has 1 heterocycles. The van der Waals surface area contributed by atoms with Gasteiger partial charge in [0.1, 0.15) is 11.5 Å². The van der Waals surface area contributed by atoms with Gasteiger partial charge in [0, 0.05) is 35.4 Å². The molecule has 178 valence electrons. The number of carbonyl (C=O) groups is 1. The van der Waals surface area contributed by atoms with Gasteiger partial charge in [0.05, 0.1) is 18.2 Å². The van der Waals surface area contributed by atoms with Crippen LogP contribution in [-0.4, -0.2) is 31.4 Å². The molecule has 0 aliphatic carbocycles. The third kappa shape index (κ3) is 5.92. The summed E-state index contributed by atoms with van der Waals surface area (Å²) in [5.74, 6) is 0.907. The van der Waals surface area contributed by atoms with E-state index >= 15 is 0 Å². The molecule has 0 aliphatic rings. The number of nitrogens with one attached hydrogen (secondary N) is 2. The Morgan fingerprint density at radius 3 is 2.43 bits per heavy atom. The molecule has 0 saturated carbocycles. The van der Waals surface area contributed by atoms with E-state index in [1.807, 2.05) is 0 Å². The summed E-state index contributed by atoms with van der Waals surface area (Å²) in [5, 5.41) is 2.76. The molecule has 0 radical (unpaired) electrons. The summed E-state index contributed by atoms with van der Waals surface area (Å²) in [4.78, 5) is 20.9. The number of sulfonamides is 1. The quantitative estimate of drug-likeness (QED) is 0.369. The van der Waals surface area contributed by atoms with Crippen LogP contribution in [0.4, 0.5) is 11.4 Å². The topological polar surface area (TPSA) is 120 Å². The van der Waals surface area contributed by atoms with Crippen LogP contribution in [0.1, 0.15) is 15.9 Å². The summed E-state index contributed by atoms with van der Waals surface area (Å²) in [6.45, 7) is 1.66. The van der Waals surface area contributed by atoms with Crippen molar-refractivity contribution < 1.29 is 22.7 Å². The second-order valence-corrected chi connectivity index (χ2v) is 9.09. The minimum absolute atomic E-state index is 0.000652. The molecule has 35 heavy (non-hydrogen) atoms. The molecule has 0 unspecified atom stereocenters. The van der Waals surface area contributed by atoms with Crippen molar-refractivity contribution in [2.45, 2.75) is 11.8 Å². The monoisotopic (exact) mass is 490 g/mol. The second kappa shape index (κ2) is 10.2. The summed E-state index contributed by atoms with van der Waals surface area (Å²) in [5.41, 5.74) is 1.53. The van der Waals surface area contributed by atoms with Gasteiger partial charge >= 0.3 is 0 Å². The molecule has 0 atom stereocenters. The first-order valence-corrected chi connectivity index (χ1v) is 12.0. The first-order valence-electron chi connectivity index (χ1n) is 10.5. The molecule has 1 amide bonds. The van der Waals surface area contributed by atoms with Gasteiger partial charge in [0.15, 0.2) is 0 Å². The molecule has 4 rings (SSSR count). The van der Waals surface area contributed by atoms with Crippen LogP contribution in [0.5, 0.6) is 17.4 Å². The zero-order valence-electron chi connectivity index (χ0n) is 18.9. The number of nitrogens with zero attached hydrogens (tertiary/aromatic N) is 2. The van der Waals surface area contributed by atoms with Crippen LogP contribution >= 0.6 is 0 Å². The molecule has 0 spiro atoms. The lowest BCUT2D eigenvalue weighted by atomic mass is 10.1. The van der Waals surface area contributed by atoms with Crippen LogP contribution in [0.3, 0.4) is 0 Å². The summed E-state index contributed by atoms with van der Waals surface area (Å²) in [6, 6.07) is 17.7. The van der Waals surface area contributed by atoms with Gasteiger partial charge in [-0.2, -0.15) is 0 Å². The van der Waals surface area contributed by atoms with Crippen molar-refractivity contribution >= 4 is 27.3 Å². The van der Waals surface area contributed by atoms with E-state index in [0.29, 0.717) is 34.3 Å². The summed E-state index contributed by atoms with van der Waals surface area (Å²) in [7, 11) is -2.41. The fraction of sp³-hybridized carbons (Fsp3) is 0.0800. The van der Waals surface area contributed by atoms with E-state index in [-0.39, 0.29) is 10.5 Å². The lowest BCUT2D eigenvalue weighted by Gasteiger charge is -2.13. The van der Waals surface area contributed by atoms with Crippen molar-refractivity contribution in [1.82, 2.24) is 9.97 Å². The van der Waals surface area contributed by atoms with E-state index < -0.39 is 15.9 Å². The summed E-state index contributed by atoms with van der Waals surface area (Å²) in [6.07, 6.45) is 4.51. The molecule has 0 bridgehead atoms. The normalized spacial score (nSPS) is 10.9.